The molecule has 0 fully saturated rings. The first-order chi connectivity index (χ1) is 10.1. The average Bonchev–Trinajstić information content (AvgIpc) is 2.46. The highest BCUT2D eigenvalue weighted by atomic mass is 16.5. The molecule has 5 heteroatoms. The van der Waals surface area contributed by atoms with Crippen molar-refractivity contribution in [3.63, 3.8) is 0 Å². The third-order valence-electron chi connectivity index (χ3n) is 3.38. The highest BCUT2D eigenvalue weighted by Gasteiger charge is 2.12. The number of anilines is 1. The summed E-state index contributed by atoms with van der Waals surface area (Å²) in [6, 6.07) is 10.2. The van der Waals surface area contributed by atoms with E-state index >= 15 is 0 Å². The number of nitrogens with two attached hydrogens (primary N) is 1. The van der Waals surface area contributed by atoms with Gasteiger partial charge in [0.1, 0.15) is 0 Å². The predicted molar refractivity (Wildman–Crippen MR) is 87.1 cm³/mol. The van der Waals surface area contributed by atoms with Crippen LogP contribution in [0.15, 0.2) is 30.3 Å². The van der Waals surface area contributed by atoms with Gasteiger partial charge in [0.2, 0.25) is 0 Å². The topological polar surface area (TPSA) is 75.2 Å². The zero-order valence-electron chi connectivity index (χ0n) is 12.6. The van der Waals surface area contributed by atoms with E-state index in [9.17, 15) is 0 Å². The quantitative estimate of drug-likeness (QED) is 0.605. The molecule has 1 heterocycles. The number of hydrogen-bond acceptors (Lipinski definition) is 4. The van der Waals surface area contributed by atoms with E-state index in [-0.39, 0.29) is 5.84 Å². The number of aromatic nitrogens is 1. The van der Waals surface area contributed by atoms with Crippen molar-refractivity contribution in [1.29, 1.82) is 5.41 Å². The fraction of sp³-hybridized carbons (Fsp3) is 0.375. The van der Waals surface area contributed by atoms with Crippen LogP contribution in [-0.4, -0.2) is 37.6 Å². The van der Waals surface area contributed by atoms with Gasteiger partial charge in [0.15, 0.2) is 0 Å². The van der Waals surface area contributed by atoms with Crippen LogP contribution in [0.5, 0.6) is 0 Å². The Labute approximate surface area is 125 Å². The van der Waals surface area contributed by atoms with Crippen molar-refractivity contribution < 1.29 is 4.74 Å². The Morgan fingerprint density at radius 3 is 2.81 bits per heavy atom. The van der Waals surface area contributed by atoms with Crippen molar-refractivity contribution in [3.05, 3.63) is 36.0 Å². The SMILES string of the molecule is COCCN(CCC(=N)N)c1cc(C)nc2ccccc12. The number of pyridine rings is 1. The summed E-state index contributed by atoms with van der Waals surface area (Å²) in [6.07, 6.45) is 0.541. The monoisotopic (exact) mass is 286 g/mol. The molecular formula is C16H22N4O. The van der Waals surface area contributed by atoms with Crippen LogP contribution in [0.25, 0.3) is 10.9 Å². The van der Waals surface area contributed by atoms with E-state index in [1.165, 1.54) is 0 Å². The van der Waals surface area contributed by atoms with Gasteiger partial charge >= 0.3 is 0 Å². The lowest BCUT2D eigenvalue weighted by Gasteiger charge is -2.26. The standard InChI is InChI=1S/C16H22N4O/c1-12-11-15(13-5-3-4-6-14(13)19-12)20(9-10-21-2)8-7-16(17)18/h3-6,11H,7-10H2,1-2H3,(H3,17,18). The minimum atomic E-state index is 0.201. The number of amidine groups is 1. The van der Waals surface area contributed by atoms with Gasteiger partial charge in [-0.3, -0.25) is 10.4 Å². The van der Waals surface area contributed by atoms with Crippen molar-refractivity contribution in [2.24, 2.45) is 5.73 Å². The molecule has 21 heavy (non-hydrogen) atoms. The normalized spacial score (nSPS) is 10.8. The first-order valence-electron chi connectivity index (χ1n) is 7.05. The van der Waals surface area contributed by atoms with Gasteiger partial charge in [-0.05, 0) is 19.1 Å². The summed E-state index contributed by atoms with van der Waals surface area (Å²) in [5.74, 6) is 0.201. The Balaban J connectivity index is 2.39. The van der Waals surface area contributed by atoms with Crippen molar-refractivity contribution in [3.8, 4) is 0 Å². The van der Waals surface area contributed by atoms with Crippen LogP contribution in [-0.2, 0) is 4.74 Å². The van der Waals surface area contributed by atoms with Gasteiger partial charge in [-0.1, -0.05) is 18.2 Å². The number of nitrogens with one attached hydrogen (secondary N) is 1. The van der Waals surface area contributed by atoms with E-state index in [2.05, 4.69) is 22.0 Å². The van der Waals surface area contributed by atoms with Gasteiger partial charge in [-0.25, -0.2) is 0 Å². The largest absolute Gasteiger partial charge is 0.388 e. The highest BCUT2D eigenvalue weighted by Crippen LogP contribution is 2.26. The molecule has 0 spiro atoms. The molecule has 0 aliphatic carbocycles. The number of methoxy groups -OCH3 is 1. The molecule has 0 amide bonds. The first-order valence-corrected chi connectivity index (χ1v) is 7.05. The third-order valence-corrected chi connectivity index (χ3v) is 3.38. The Morgan fingerprint density at radius 1 is 1.33 bits per heavy atom. The van der Waals surface area contributed by atoms with Gasteiger partial charge in [-0.15, -0.1) is 0 Å². The van der Waals surface area contributed by atoms with Crippen molar-refractivity contribution in [1.82, 2.24) is 4.98 Å². The van der Waals surface area contributed by atoms with Crippen LogP contribution in [0, 0.1) is 12.3 Å². The number of para-hydroxylation sites is 1. The summed E-state index contributed by atoms with van der Waals surface area (Å²) < 4.78 is 5.20. The number of hydrogen-bond donors (Lipinski definition) is 2. The van der Waals surface area contributed by atoms with Crippen LogP contribution in [0.3, 0.4) is 0 Å². The fourth-order valence-corrected chi connectivity index (χ4v) is 2.36. The van der Waals surface area contributed by atoms with Gasteiger partial charge in [0.05, 0.1) is 18.0 Å². The van der Waals surface area contributed by atoms with Crippen LogP contribution in [0.1, 0.15) is 12.1 Å². The van der Waals surface area contributed by atoms with Crippen molar-refractivity contribution >= 4 is 22.4 Å². The van der Waals surface area contributed by atoms with E-state index < -0.39 is 0 Å². The molecule has 1 aromatic heterocycles. The summed E-state index contributed by atoms with van der Waals surface area (Å²) in [7, 11) is 1.69. The van der Waals surface area contributed by atoms with Crippen molar-refractivity contribution in [2.75, 3.05) is 31.7 Å². The zero-order valence-corrected chi connectivity index (χ0v) is 12.6. The molecule has 2 rings (SSSR count). The maximum absolute atomic E-state index is 7.44. The second-order valence-corrected chi connectivity index (χ2v) is 5.05. The second kappa shape index (κ2) is 7.04. The lowest BCUT2D eigenvalue weighted by molar-refractivity contribution is 0.205. The minimum absolute atomic E-state index is 0.201. The molecule has 0 aliphatic rings. The summed E-state index contributed by atoms with van der Waals surface area (Å²) in [5.41, 5.74) is 8.59. The van der Waals surface area contributed by atoms with E-state index in [1.54, 1.807) is 7.11 Å². The van der Waals surface area contributed by atoms with Crippen molar-refractivity contribution in [2.45, 2.75) is 13.3 Å². The van der Waals surface area contributed by atoms with E-state index in [1.807, 2.05) is 25.1 Å². The summed E-state index contributed by atoms with van der Waals surface area (Å²) in [6.45, 7) is 4.09. The Kier molecular flexibility index (Phi) is 5.11. The number of benzene rings is 1. The number of fused-ring (bicyclic) bond motifs is 1. The molecule has 0 atom stereocenters. The molecule has 0 saturated heterocycles. The molecule has 0 aliphatic heterocycles. The minimum Gasteiger partial charge on any atom is -0.388 e. The van der Waals surface area contributed by atoms with E-state index in [4.69, 9.17) is 15.9 Å². The Bertz CT molecular complexity index is 627. The molecule has 1 aromatic carbocycles. The average molecular weight is 286 g/mol. The predicted octanol–water partition coefficient (Wildman–Crippen LogP) is 2.32. The molecule has 0 bridgehead atoms. The molecule has 3 N–H and O–H groups in total. The highest BCUT2D eigenvalue weighted by molar-refractivity contribution is 5.92. The number of rotatable bonds is 7. The van der Waals surface area contributed by atoms with Crippen LogP contribution in [0.4, 0.5) is 5.69 Å². The molecule has 0 saturated carbocycles. The molecule has 0 radical (unpaired) electrons. The second-order valence-electron chi connectivity index (χ2n) is 5.05. The first kappa shape index (κ1) is 15.3. The summed E-state index contributed by atoms with van der Waals surface area (Å²) in [4.78, 5) is 6.78. The van der Waals surface area contributed by atoms with E-state index in [0.29, 0.717) is 19.6 Å². The molecule has 112 valence electrons. The van der Waals surface area contributed by atoms with Gasteiger partial charge in [-0.2, -0.15) is 0 Å². The maximum Gasteiger partial charge on any atom is 0.0923 e. The summed E-state index contributed by atoms with van der Waals surface area (Å²) in [5, 5.41) is 8.55. The van der Waals surface area contributed by atoms with Gasteiger partial charge in [0, 0.05) is 43.4 Å². The van der Waals surface area contributed by atoms with Gasteiger partial charge < -0.3 is 15.4 Å². The maximum atomic E-state index is 7.44. The number of aryl methyl sites for hydroxylation is 1. The lowest BCUT2D eigenvalue weighted by Crippen LogP contribution is -2.31. The number of nitrogens with zero attached hydrogens (tertiary/aromatic N) is 2. The number of ether oxygens (including phenoxy) is 1. The Morgan fingerprint density at radius 2 is 2.10 bits per heavy atom. The third kappa shape index (κ3) is 3.92. The van der Waals surface area contributed by atoms with Gasteiger partial charge in [0.25, 0.3) is 0 Å². The molecule has 5 nitrogen and oxygen atoms in total. The van der Waals surface area contributed by atoms with Crippen LogP contribution in [0.2, 0.25) is 0 Å². The molecule has 2 aromatic rings. The zero-order chi connectivity index (χ0) is 15.2. The van der Waals surface area contributed by atoms with Crippen LogP contribution >= 0.6 is 0 Å². The Hall–Kier alpha value is -2.14. The fourth-order valence-electron chi connectivity index (χ4n) is 2.36. The lowest BCUT2D eigenvalue weighted by atomic mass is 10.1. The molecule has 0 unspecified atom stereocenters. The molecular weight excluding hydrogens is 264 g/mol. The summed E-state index contributed by atoms with van der Waals surface area (Å²) >= 11 is 0. The smallest absolute Gasteiger partial charge is 0.0923 e. The van der Waals surface area contributed by atoms with Crippen LogP contribution < -0.4 is 10.6 Å². The van der Waals surface area contributed by atoms with E-state index in [0.717, 1.165) is 28.8 Å².